The zero-order valence-electron chi connectivity index (χ0n) is 19.5. The number of nitrogens with zero attached hydrogens (tertiary/aromatic N) is 1. The lowest BCUT2D eigenvalue weighted by Crippen LogP contribution is -2.38. The van der Waals surface area contributed by atoms with Crippen LogP contribution < -0.4 is 5.32 Å². The first-order chi connectivity index (χ1) is 17.1. The standard InChI is InChI=1S/C27H30N2O5S/c1-18-24(17-35-13-12-30)33-27(34-25(18)20-9-7-19(16-31)8-10-20)21-4-2-6-23(14-21)29-26(32)22-5-3-11-28-15-22/h2-11,14-15,18,24-25,27,30-31H,12-13,16-17H2,1H3,(H,29,32)/t18-,24+,25+,27+/m0/s1. The number of hydrogen-bond acceptors (Lipinski definition) is 7. The molecular formula is C27H30N2O5S. The molecule has 1 aliphatic heterocycles. The van der Waals surface area contributed by atoms with E-state index in [4.69, 9.17) is 9.47 Å². The first-order valence-corrected chi connectivity index (χ1v) is 12.7. The number of aliphatic hydroxyl groups excluding tert-OH is 2. The predicted molar refractivity (Wildman–Crippen MR) is 136 cm³/mol. The molecule has 1 saturated heterocycles. The summed E-state index contributed by atoms with van der Waals surface area (Å²) in [6.07, 6.45) is 2.22. The number of anilines is 1. The van der Waals surface area contributed by atoms with Gasteiger partial charge in [-0.1, -0.05) is 43.3 Å². The Morgan fingerprint density at radius 1 is 1.06 bits per heavy atom. The van der Waals surface area contributed by atoms with Gasteiger partial charge in [0.05, 0.1) is 31.0 Å². The van der Waals surface area contributed by atoms with Crippen molar-refractivity contribution in [1.82, 2.24) is 4.98 Å². The molecule has 0 spiro atoms. The Kier molecular flexibility index (Phi) is 8.90. The van der Waals surface area contributed by atoms with Gasteiger partial charge in [0.25, 0.3) is 5.91 Å². The van der Waals surface area contributed by atoms with Crippen LogP contribution in [-0.2, 0) is 16.1 Å². The van der Waals surface area contributed by atoms with Gasteiger partial charge >= 0.3 is 0 Å². The molecule has 1 fully saturated rings. The number of rotatable bonds is 9. The van der Waals surface area contributed by atoms with Gasteiger partial charge in [0, 0.05) is 41.1 Å². The fraction of sp³-hybridized carbons (Fsp3) is 0.333. The molecule has 1 aromatic heterocycles. The summed E-state index contributed by atoms with van der Waals surface area (Å²) in [6.45, 7) is 2.22. The highest BCUT2D eigenvalue weighted by molar-refractivity contribution is 7.99. The number of carbonyl (C=O) groups is 1. The van der Waals surface area contributed by atoms with Crippen LogP contribution in [0, 0.1) is 5.92 Å². The average Bonchev–Trinajstić information content (AvgIpc) is 2.90. The maximum absolute atomic E-state index is 12.6. The van der Waals surface area contributed by atoms with Crippen LogP contribution in [-0.4, -0.2) is 45.3 Å². The van der Waals surface area contributed by atoms with Gasteiger partial charge in [-0.3, -0.25) is 9.78 Å². The summed E-state index contributed by atoms with van der Waals surface area (Å²) >= 11 is 1.65. The minimum atomic E-state index is -0.622. The van der Waals surface area contributed by atoms with Crippen LogP contribution >= 0.6 is 11.8 Å². The van der Waals surface area contributed by atoms with Gasteiger partial charge in [0.15, 0.2) is 6.29 Å². The number of carbonyl (C=O) groups excluding carboxylic acids is 1. The second-order valence-electron chi connectivity index (χ2n) is 8.44. The summed E-state index contributed by atoms with van der Waals surface area (Å²) < 4.78 is 12.8. The first-order valence-electron chi connectivity index (χ1n) is 11.6. The van der Waals surface area contributed by atoms with E-state index < -0.39 is 6.29 Å². The zero-order valence-corrected chi connectivity index (χ0v) is 20.4. The number of ether oxygens (including phenoxy) is 2. The lowest BCUT2D eigenvalue weighted by molar-refractivity contribution is -0.268. The molecule has 0 radical (unpaired) electrons. The molecule has 4 rings (SSSR count). The van der Waals surface area contributed by atoms with Crippen LogP contribution in [0.4, 0.5) is 5.69 Å². The number of thioether (sulfide) groups is 1. The summed E-state index contributed by atoms with van der Waals surface area (Å²) in [5.74, 6) is 1.20. The number of aliphatic hydroxyl groups is 2. The van der Waals surface area contributed by atoms with Gasteiger partial charge in [-0.05, 0) is 35.4 Å². The van der Waals surface area contributed by atoms with Crippen molar-refractivity contribution in [3.63, 3.8) is 0 Å². The topological polar surface area (TPSA) is 101 Å². The van der Waals surface area contributed by atoms with Crippen molar-refractivity contribution in [2.75, 3.05) is 23.4 Å². The van der Waals surface area contributed by atoms with E-state index in [1.165, 1.54) is 6.20 Å². The number of aromatic nitrogens is 1. The molecule has 0 aliphatic carbocycles. The van der Waals surface area contributed by atoms with Gasteiger partial charge in [-0.2, -0.15) is 11.8 Å². The molecule has 1 aliphatic rings. The highest BCUT2D eigenvalue weighted by Crippen LogP contribution is 2.42. The molecule has 35 heavy (non-hydrogen) atoms. The second kappa shape index (κ2) is 12.3. The number of nitrogens with one attached hydrogen (secondary N) is 1. The van der Waals surface area contributed by atoms with E-state index in [9.17, 15) is 15.0 Å². The Hall–Kier alpha value is -2.75. The fourth-order valence-corrected chi connectivity index (χ4v) is 4.95. The summed E-state index contributed by atoms with van der Waals surface area (Å²) in [5, 5.41) is 21.5. The zero-order chi connectivity index (χ0) is 24.6. The van der Waals surface area contributed by atoms with Crippen LogP contribution in [0.25, 0.3) is 0 Å². The molecule has 3 N–H and O–H groups in total. The highest BCUT2D eigenvalue weighted by atomic mass is 32.2. The maximum atomic E-state index is 12.6. The van der Waals surface area contributed by atoms with Crippen molar-refractivity contribution in [1.29, 1.82) is 0 Å². The Labute approximate surface area is 209 Å². The van der Waals surface area contributed by atoms with Crippen molar-refractivity contribution in [3.8, 4) is 0 Å². The largest absolute Gasteiger partial charge is 0.396 e. The van der Waals surface area contributed by atoms with E-state index >= 15 is 0 Å². The predicted octanol–water partition coefficient (Wildman–Crippen LogP) is 4.34. The van der Waals surface area contributed by atoms with Gasteiger partial charge in [-0.25, -0.2) is 0 Å². The molecule has 184 valence electrons. The van der Waals surface area contributed by atoms with Crippen LogP contribution in [0.3, 0.4) is 0 Å². The van der Waals surface area contributed by atoms with Gasteiger partial charge in [0.2, 0.25) is 0 Å². The third-order valence-corrected chi connectivity index (χ3v) is 7.02. The minimum Gasteiger partial charge on any atom is -0.396 e. The Morgan fingerprint density at radius 3 is 2.60 bits per heavy atom. The smallest absolute Gasteiger partial charge is 0.257 e. The fourth-order valence-electron chi connectivity index (χ4n) is 4.04. The van der Waals surface area contributed by atoms with E-state index in [2.05, 4.69) is 17.2 Å². The second-order valence-corrected chi connectivity index (χ2v) is 9.59. The van der Waals surface area contributed by atoms with Gasteiger partial charge < -0.3 is 25.0 Å². The number of hydrogen-bond donors (Lipinski definition) is 3. The lowest BCUT2D eigenvalue weighted by atomic mass is 9.91. The maximum Gasteiger partial charge on any atom is 0.257 e. The van der Waals surface area contributed by atoms with Crippen molar-refractivity contribution >= 4 is 23.4 Å². The van der Waals surface area contributed by atoms with E-state index in [1.807, 2.05) is 48.5 Å². The molecule has 3 aromatic rings. The molecular weight excluding hydrogens is 464 g/mol. The van der Waals surface area contributed by atoms with Crippen LogP contribution in [0.15, 0.2) is 73.1 Å². The van der Waals surface area contributed by atoms with E-state index in [0.717, 1.165) is 22.4 Å². The monoisotopic (exact) mass is 494 g/mol. The molecule has 1 amide bonds. The van der Waals surface area contributed by atoms with Crippen molar-refractivity contribution < 1.29 is 24.5 Å². The number of benzene rings is 2. The minimum absolute atomic E-state index is 0.00885. The molecule has 7 nitrogen and oxygen atoms in total. The van der Waals surface area contributed by atoms with E-state index in [0.29, 0.717) is 17.0 Å². The number of pyridine rings is 1. The quantitative estimate of drug-likeness (QED) is 0.380. The van der Waals surface area contributed by atoms with Crippen LogP contribution in [0.1, 0.15) is 46.4 Å². The normalized spacial score (nSPS) is 22.0. The van der Waals surface area contributed by atoms with Gasteiger partial charge in [-0.15, -0.1) is 0 Å². The summed E-state index contributed by atoms with van der Waals surface area (Å²) in [4.78, 5) is 16.6. The molecule has 0 bridgehead atoms. The van der Waals surface area contributed by atoms with Crippen molar-refractivity contribution in [3.05, 3.63) is 95.3 Å². The lowest BCUT2D eigenvalue weighted by Gasteiger charge is -2.41. The summed E-state index contributed by atoms with van der Waals surface area (Å²) in [5.41, 5.74) is 3.77. The van der Waals surface area contributed by atoms with E-state index in [-0.39, 0.29) is 37.2 Å². The molecule has 2 heterocycles. The summed E-state index contributed by atoms with van der Waals surface area (Å²) in [7, 11) is 0. The molecule has 0 saturated carbocycles. The molecule has 2 aromatic carbocycles. The summed E-state index contributed by atoms with van der Waals surface area (Å²) in [6, 6.07) is 18.7. The van der Waals surface area contributed by atoms with E-state index in [1.54, 1.807) is 30.1 Å². The highest BCUT2D eigenvalue weighted by Gasteiger charge is 2.38. The first kappa shape index (κ1) is 25.3. The van der Waals surface area contributed by atoms with Crippen molar-refractivity contribution in [2.45, 2.75) is 32.0 Å². The average molecular weight is 495 g/mol. The molecule has 4 atom stereocenters. The Bertz CT molecular complexity index is 1100. The SMILES string of the molecule is C[C@H]1[C@@H](CSCCO)O[C@@H](c2cccc(NC(=O)c3cccnc3)c2)O[C@H]1c1ccc(CO)cc1. The molecule has 8 heteroatoms. The molecule has 0 unspecified atom stereocenters. The third kappa shape index (κ3) is 6.48. The third-order valence-electron chi connectivity index (χ3n) is 5.98. The van der Waals surface area contributed by atoms with Crippen LogP contribution in [0.2, 0.25) is 0 Å². The van der Waals surface area contributed by atoms with Crippen molar-refractivity contribution in [2.24, 2.45) is 5.92 Å². The number of amides is 1. The Balaban J connectivity index is 1.56. The van der Waals surface area contributed by atoms with Gasteiger partial charge in [0.1, 0.15) is 0 Å². The van der Waals surface area contributed by atoms with Crippen LogP contribution in [0.5, 0.6) is 0 Å². The Morgan fingerprint density at radius 2 is 1.89 bits per heavy atom.